The Bertz CT molecular complexity index is 2580. The molecule has 3 aromatic heterocycles. The Hall–Kier alpha value is -8.03. The molecule has 2 saturated heterocycles. The summed E-state index contributed by atoms with van der Waals surface area (Å²) < 4.78 is 19.2. The molecule has 2 aromatic carbocycles. The third-order valence-corrected chi connectivity index (χ3v) is 12.9. The van der Waals surface area contributed by atoms with Crippen LogP contribution in [0.5, 0.6) is 11.5 Å². The van der Waals surface area contributed by atoms with Gasteiger partial charge in [0.1, 0.15) is 30.2 Å². The molecule has 2 fully saturated rings. The monoisotopic (exact) mass is 1070 g/mol. The zero-order valence-corrected chi connectivity index (χ0v) is 42.6. The van der Waals surface area contributed by atoms with Gasteiger partial charge >= 0.3 is 11.9 Å². The van der Waals surface area contributed by atoms with Gasteiger partial charge in [-0.2, -0.15) is 15.0 Å². The topological polar surface area (TPSA) is 354 Å². The van der Waals surface area contributed by atoms with Crippen LogP contribution >= 0.6 is 0 Å². The Labute approximate surface area is 444 Å². The van der Waals surface area contributed by atoms with Crippen LogP contribution in [0, 0.1) is 12.3 Å². The van der Waals surface area contributed by atoms with Gasteiger partial charge in [-0.05, 0) is 61.1 Å². The summed E-state index contributed by atoms with van der Waals surface area (Å²) in [7, 11) is 0. The number of hydrogen-bond donors (Lipinski definition) is 7. The average molecular weight is 1070 g/mol. The van der Waals surface area contributed by atoms with Gasteiger partial charge in [0.25, 0.3) is 0 Å². The molecular weight excluding hydrogens is 1000 g/mol. The molecule has 5 heterocycles. The summed E-state index contributed by atoms with van der Waals surface area (Å²) in [6.45, 7) is 4.60. The highest BCUT2D eigenvalue weighted by Gasteiger charge is 2.34. The quantitative estimate of drug-likeness (QED) is 0.0254. The van der Waals surface area contributed by atoms with Crippen LogP contribution in [0.3, 0.4) is 0 Å². The Balaban J connectivity index is 1.01. The predicted molar refractivity (Wildman–Crippen MR) is 277 cm³/mol. The van der Waals surface area contributed by atoms with Gasteiger partial charge in [0.05, 0.1) is 68.9 Å². The Morgan fingerprint density at radius 3 is 1.44 bits per heavy atom. The smallest absolute Gasteiger partial charge is 0.303 e. The Morgan fingerprint density at radius 2 is 1.03 bits per heavy atom. The van der Waals surface area contributed by atoms with Crippen LogP contribution in [0.2, 0.25) is 0 Å². The third kappa shape index (κ3) is 16.7. The Morgan fingerprint density at radius 1 is 0.610 bits per heavy atom. The number of nitrogens with zero attached hydrogens (tertiary/aromatic N) is 13. The molecule has 412 valence electrons. The number of carbonyl (C=O) groups is 4. The number of amides is 2. The van der Waals surface area contributed by atoms with Gasteiger partial charge in [-0.1, -0.05) is 40.6 Å². The molecule has 0 radical (unpaired) electrons. The first-order valence-electron chi connectivity index (χ1n) is 25.3. The average Bonchev–Trinajstić information content (AvgIpc) is 4.15. The van der Waals surface area contributed by atoms with Crippen LogP contribution in [0.1, 0.15) is 72.4 Å². The summed E-state index contributed by atoms with van der Waals surface area (Å²) in [5, 5.41) is 58.7. The maximum absolute atomic E-state index is 14.2. The van der Waals surface area contributed by atoms with Crippen LogP contribution in [0.25, 0.3) is 0 Å². The molecule has 2 aliphatic heterocycles. The number of hydrogen-bond acceptors (Lipinski definition) is 21. The molecule has 5 aromatic rings. The number of phenols is 2. The highest BCUT2D eigenvalue weighted by Crippen LogP contribution is 2.26. The maximum Gasteiger partial charge on any atom is 0.303 e. The van der Waals surface area contributed by atoms with Gasteiger partial charge in [0, 0.05) is 71.7 Å². The first-order valence-corrected chi connectivity index (χ1v) is 25.3. The molecule has 2 aliphatic rings. The minimum atomic E-state index is -1.07. The van der Waals surface area contributed by atoms with Crippen LogP contribution in [-0.2, 0) is 46.2 Å². The lowest BCUT2D eigenvalue weighted by Gasteiger charge is -2.38. The molecule has 0 aliphatic carbocycles. The van der Waals surface area contributed by atoms with Crippen molar-refractivity contribution in [2.75, 3.05) is 114 Å². The van der Waals surface area contributed by atoms with E-state index in [9.17, 15) is 39.6 Å². The zero-order chi connectivity index (χ0) is 54.7. The molecule has 0 bridgehead atoms. The van der Waals surface area contributed by atoms with Crippen molar-refractivity contribution in [1.82, 2.24) is 54.7 Å². The lowest BCUT2D eigenvalue weighted by Crippen LogP contribution is -2.52. The van der Waals surface area contributed by atoms with E-state index in [-0.39, 0.29) is 87.7 Å². The number of terminal acetylenes is 1. The zero-order valence-electron chi connectivity index (χ0n) is 42.6. The van der Waals surface area contributed by atoms with Crippen molar-refractivity contribution in [1.29, 1.82) is 0 Å². The lowest BCUT2D eigenvalue weighted by atomic mass is 10.0. The van der Waals surface area contributed by atoms with Crippen molar-refractivity contribution < 1.29 is 53.8 Å². The molecule has 2 amide bonds. The molecule has 2 unspecified atom stereocenters. The van der Waals surface area contributed by atoms with E-state index in [4.69, 9.17) is 47.1 Å². The largest absolute Gasteiger partial charge is 0.508 e. The van der Waals surface area contributed by atoms with Gasteiger partial charge in [0.15, 0.2) is 0 Å². The first-order chi connectivity index (χ1) is 37.2. The predicted octanol–water partition coefficient (Wildman–Crippen LogP) is 0.555. The summed E-state index contributed by atoms with van der Waals surface area (Å²) in [5.74, 6) is 0.821. The summed E-state index contributed by atoms with van der Waals surface area (Å²) in [4.78, 5) is 73.5. The second-order valence-electron chi connectivity index (χ2n) is 18.4. The van der Waals surface area contributed by atoms with E-state index in [1.807, 2.05) is 9.80 Å². The number of carboxylic acids is 2. The number of aliphatic carboxylic acids is 2. The Kier molecular flexibility index (Phi) is 20.8. The number of aromatic hydroxyl groups is 2. The van der Waals surface area contributed by atoms with Crippen molar-refractivity contribution in [2.45, 2.75) is 62.7 Å². The van der Waals surface area contributed by atoms with E-state index in [1.165, 1.54) is 9.36 Å². The van der Waals surface area contributed by atoms with Crippen molar-refractivity contribution in [3.8, 4) is 23.8 Å². The van der Waals surface area contributed by atoms with Gasteiger partial charge in [-0.25, -0.2) is 9.36 Å². The summed E-state index contributed by atoms with van der Waals surface area (Å²) >= 11 is 0. The molecule has 9 N–H and O–H groups in total. The van der Waals surface area contributed by atoms with Crippen molar-refractivity contribution in [3.63, 3.8) is 0 Å². The highest BCUT2D eigenvalue weighted by molar-refractivity contribution is 5.82. The first kappa shape index (κ1) is 56.7. The van der Waals surface area contributed by atoms with Crippen molar-refractivity contribution in [2.24, 2.45) is 11.5 Å². The third-order valence-electron chi connectivity index (χ3n) is 12.9. The normalized spacial score (nSPS) is 15.4. The minimum absolute atomic E-state index is 0.0317. The molecular formula is C50H66N16O11. The number of benzene rings is 2. The molecule has 7 rings (SSSR count). The summed E-state index contributed by atoms with van der Waals surface area (Å²) in [6, 6.07) is 10.2. The van der Waals surface area contributed by atoms with E-state index >= 15 is 0 Å². The van der Waals surface area contributed by atoms with Crippen LogP contribution in [0.4, 0.5) is 17.8 Å². The molecule has 27 nitrogen and oxygen atoms in total. The van der Waals surface area contributed by atoms with Crippen LogP contribution < -0.4 is 26.6 Å². The van der Waals surface area contributed by atoms with Crippen LogP contribution in [0.15, 0.2) is 60.9 Å². The van der Waals surface area contributed by atoms with E-state index in [0.29, 0.717) is 102 Å². The number of nitrogens with two attached hydrogens (primary N) is 2. The number of rotatable bonds is 29. The fraction of sp³-hybridized carbons (Fsp3) is 0.500. The lowest BCUT2D eigenvalue weighted by molar-refractivity contribution is -0.140. The standard InChI is InChI=1S/C50H66N16O11/c1-2-24-75-26-28-77-29-27-76-25-15-53-48-54-49(63-20-16-61(17-21-63)46(73)42(11-13-44(69)70)65-32-40(57-59-65)38(51)30-34-3-7-36(67)8-4-34)56-50(55-48)64-22-18-62(19-23-64)47(74)43(12-14-45(71)72)66-33-41(58-60-66)39(52)31-35-5-9-37(68)10-6-35/h1,3-10,32-33,38-39,42-43,67-68H,11-31,51-52H2,(H,69,70)(H,71,72)(H,53,54,55,56)/t38?,39?,42-,43-/m0/s1. The summed E-state index contributed by atoms with van der Waals surface area (Å²) in [6.07, 6.45) is 8.49. The number of phenolic OH excluding ortho intramolecular Hbond substituents is 2. The number of anilines is 3. The van der Waals surface area contributed by atoms with E-state index in [0.717, 1.165) is 11.1 Å². The van der Waals surface area contributed by atoms with Gasteiger partial charge < -0.3 is 71.0 Å². The second-order valence-corrected chi connectivity index (χ2v) is 18.4. The van der Waals surface area contributed by atoms with Gasteiger partial charge in [-0.15, -0.1) is 16.6 Å². The van der Waals surface area contributed by atoms with E-state index in [2.05, 4.69) is 31.9 Å². The molecule has 4 atom stereocenters. The van der Waals surface area contributed by atoms with Crippen molar-refractivity contribution in [3.05, 3.63) is 83.4 Å². The molecule has 27 heteroatoms. The number of ether oxygens (including phenoxy) is 3. The van der Waals surface area contributed by atoms with Crippen LogP contribution in [-0.4, -0.2) is 197 Å². The van der Waals surface area contributed by atoms with Crippen molar-refractivity contribution >= 4 is 41.6 Å². The number of piperazine rings is 2. The number of carboxylic acid groups (broad SMARTS) is 2. The van der Waals surface area contributed by atoms with E-state index in [1.54, 1.807) is 70.7 Å². The number of nitrogens with one attached hydrogen (secondary N) is 1. The van der Waals surface area contributed by atoms with E-state index < -0.39 is 36.1 Å². The fourth-order valence-electron chi connectivity index (χ4n) is 8.66. The minimum Gasteiger partial charge on any atom is -0.508 e. The fourth-order valence-corrected chi connectivity index (χ4v) is 8.66. The molecule has 0 saturated carbocycles. The molecule has 77 heavy (non-hydrogen) atoms. The highest BCUT2D eigenvalue weighted by atomic mass is 16.5. The number of carbonyl (C=O) groups excluding carboxylic acids is 2. The van der Waals surface area contributed by atoms with Gasteiger partial charge in [-0.3, -0.25) is 19.2 Å². The SMILES string of the molecule is C#CCOCCOCCOCCNc1nc(N2CCN(C(=O)[C@H](CCC(=O)O)n3cc(C(N)Cc4ccc(O)cc4)nn3)CC2)nc(N2CCN(C(=O)[C@H](CCC(=O)O)n3cc(C(N)Cc4ccc(O)cc4)nn3)CC2)n1. The van der Waals surface area contributed by atoms with Gasteiger partial charge in [0.2, 0.25) is 29.7 Å². The second kappa shape index (κ2) is 28.2. The summed E-state index contributed by atoms with van der Waals surface area (Å²) in [5.41, 5.74) is 15.5. The maximum atomic E-state index is 14.2. The number of aromatic nitrogens is 9. The molecule has 0 spiro atoms.